The maximum absolute atomic E-state index is 6.24. The third-order valence-corrected chi connectivity index (χ3v) is 6.49. The predicted molar refractivity (Wildman–Crippen MR) is 161 cm³/mol. The van der Waals surface area contributed by atoms with E-state index >= 15 is 0 Å². The Morgan fingerprint density at radius 1 is 0.846 bits per heavy atom. The van der Waals surface area contributed by atoms with Crippen molar-refractivity contribution < 1.29 is 9.47 Å². The summed E-state index contributed by atoms with van der Waals surface area (Å²) in [6, 6.07) is 28.5. The van der Waals surface area contributed by atoms with Crippen molar-refractivity contribution in [1.29, 1.82) is 0 Å². The number of aromatic nitrogens is 1. The van der Waals surface area contributed by atoms with Crippen LogP contribution in [0.2, 0.25) is 0 Å². The highest BCUT2D eigenvalue weighted by Crippen LogP contribution is 2.32. The molecular weight excluding hydrogens is 482 g/mol. The number of aromatic amines is 1. The molecule has 5 rings (SSSR count). The summed E-state index contributed by atoms with van der Waals surface area (Å²) in [7, 11) is 0. The standard InChI is InChI=1S/C34H33N3O2/c1-25-21-29(37-34(25)30(18-19-35)31-13-8-20-36-31)16-14-26-15-17-32(38-23-27-9-4-2-5-10-27)33(22-26)39-24-28-11-6-3-7-12-28/h2-17,20-22,37H,18-19,23-24,35H2,1H3/b16-14+,31-30?. The Morgan fingerprint density at radius 3 is 2.18 bits per heavy atom. The molecule has 0 unspecified atom stereocenters. The van der Waals surface area contributed by atoms with Gasteiger partial charge in [0.2, 0.25) is 0 Å². The van der Waals surface area contributed by atoms with Gasteiger partial charge in [-0.15, -0.1) is 0 Å². The van der Waals surface area contributed by atoms with E-state index in [1.165, 1.54) is 0 Å². The van der Waals surface area contributed by atoms with Crippen LogP contribution in [0.5, 0.6) is 11.5 Å². The van der Waals surface area contributed by atoms with Crippen LogP contribution in [0.25, 0.3) is 17.7 Å². The third-order valence-electron chi connectivity index (χ3n) is 6.49. The van der Waals surface area contributed by atoms with Crippen LogP contribution >= 0.6 is 0 Å². The van der Waals surface area contributed by atoms with Crippen LogP contribution in [0, 0.1) is 6.92 Å². The average Bonchev–Trinajstić information content (AvgIpc) is 3.64. The van der Waals surface area contributed by atoms with Crippen LogP contribution in [0.4, 0.5) is 0 Å². The lowest BCUT2D eigenvalue weighted by molar-refractivity contribution is 0.256. The average molecular weight is 516 g/mol. The fourth-order valence-corrected chi connectivity index (χ4v) is 4.51. The number of rotatable bonds is 11. The zero-order valence-electron chi connectivity index (χ0n) is 22.1. The minimum Gasteiger partial charge on any atom is -0.485 e. The molecule has 0 spiro atoms. The fourth-order valence-electron chi connectivity index (χ4n) is 4.51. The van der Waals surface area contributed by atoms with E-state index in [1.807, 2.05) is 73.0 Å². The van der Waals surface area contributed by atoms with Crippen LogP contribution in [0.3, 0.4) is 0 Å². The van der Waals surface area contributed by atoms with Crippen LogP contribution in [-0.2, 0) is 13.2 Å². The molecule has 5 nitrogen and oxygen atoms in total. The number of hydrogen-bond donors (Lipinski definition) is 2. The lowest BCUT2D eigenvalue weighted by Crippen LogP contribution is -2.02. The summed E-state index contributed by atoms with van der Waals surface area (Å²) in [6.07, 6.45) is 10.7. The number of allylic oxidation sites excluding steroid dienone is 2. The van der Waals surface area contributed by atoms with E-state index in [2.05, 4.69) is 59.4 Å². The number of nitrogens with two attached hydrogens (primary N) is 1. The van der Waals surface area contributed by atoms with E-state index < -0.39 is 0 Å². The molecule has 1 aliphatic heterocycles. The van der Waals surface area contributed by atoms with Gasteiger partial charge in [-0.1, -0.05) is 72.8 Å². The first kappa shape index (κ1) is 26.0. The van der Waals surface area contributed by atoms with E-state index in [-0.39, 0.29) is 0 Å². The Hall–Kier alpha value is -4.61. The minimum atomic E-state index is 0.463. The summed E-state index contributed by atoms with van der Waals surface area (Å²) in [6.45, 7) is 3.61. The molecule has 0 saturated heterocycles. The number of nitrogens with one attached hydrogen (secondary N) is 1. The number of H-pyrrole nitrogens is 1. The molecular formula is C34H33N3O2. The molecule has 0 radical (unpaired) electrons. The number of benzene rings is 3. The summed E-state index contributed by atoms with van der Waals surface area (Å²) < 4.78 is 12.4. The lowest BCUT2D eigenvalue weighted by Gasteiger charge is -2.14. The van der Waals surface area contributed by atoms with Gasteiger partial charge >= 0.3 is 0 Å². The van der Waals surface area contributed by atoms with Gasteiger partial charge in [0.1, 0.15) is 13.2 Å². The maximum Gasteiger partial charge on any atom is 0.162 e. The largest absolute Gasteiger partial charge is 0.485 e. The monoisotopic (exact) mass is 515 g/mol. The molecule has 0 fully saturated rings. The van der Waals surface area contributed by atoms with Crippen LogP contribution in [0.1, 0.15) is 40.1 Å². The zero-order chi connectivity index (χ0) is 26.9. The maximum atomic E-state index is 6.24. The second-order valence-electron chi connectivity index (χ2n) is 9.41. The van der Waals surface area contributed by atoms with E-state index in [0.29, 0.717) is 31.3 Å². The normalized spacial score (nSPS) is 13.8. The van der Waals surface area contributed by atoms with Gasteiger partial charge in [-0.3, -0.25) is 4.99 Å². The minimum absolute atomic E-state index is 0.463. The van der Waals surface area contributed by atoms with Crippen molar-refractivity contribution in [3.05, 3.63) is 136 Å². The third kappa shape index (κ3) is 6.83. The fraction of sp³-hybridized carbons (Fsp3) is 0.147. The van der Waals surface area contributed by atoms with Crippen molar-refractivity contribution in [1.82, 2.24) is 4.98 Å². The van der Waals surface area contributed by atoms with Gasteiger partial charge in [-0.05, 0) is 78.6 Å². The summed E-state index contributed by atoms with van der Waals surface area (Å²) in [5, 5.41) is 0. The van der Waals surface area contributed by atoms with E-state index in [1.54, 1.807) is 0 Å². The first-order chi connectivity index (χ1) is 19.2. The first-order valence-corrected chi connectivity index (χ1v) is 13.2. The Bertz CT molecular complexity index is 1500. The molecule has 4 aromatic rings. The van der Waals surface area contributed by atoms with Crippen LogP contribution in [0.15, 0.2) is 108 Å². The quantitative estimate of drug-likeness (QED) is 0.219. The van der Waals surface area contributed by atoms with E-state index in [0.717, 1.165) is 51.3 Å². The summed E-state index contributed by atoms with van der Waals surface area (Å²) in [5.74, 6) is 1.43. The number of hydrogen-bond acceptors (Lipinski definition) is 4. The van der Waals surface area contributed by atoms with Crippen molar-refractivity contribution >= 4 is 23.9 Å². The SMILES string of the molecule is Cc1cc(/C=C/c2ccc(OCc3ccccc3)c(OCc3ccccc3)c2)[nH]c1C(CCN)=C1C=CC=N1. The van der Waals surface area contributed by atoms with Crippen LogP contribution < -0.4 is 15.2 Å². The first-order valence-electron chi connectivity index (χ1n) is 13.2. The van der Waals surface area contributed by atoms with Gasteiger partial charge in [-0.2, -0.15) is 0 Å². The molecule has 3 aromatic carbocycles. The van der Waals surface area contributed by atoms with Gasteiger partial charge < -0.3 is 20.2 Å². The van der Waals surface area contributed by atoms with Crippen molar-refractivity contribution in [2.24, 2.45) is 10.7 Å². The van der Waals surface area contributed by atoms with Crippen molar-refractivity contribution in [3.8, 4) is 11.5 Å². The molecule has 3 N–H and O–H groups in total. The van der Waals surface area contributed by atoms with Gasteiger partial charge in [0, 0.05) is 23.2 Å². The van der Waals surface area contributed by atoms with Gasteiger partial charge in [0.05, 0.1) is 5.70 Å². The van der Waals surface area contributed by atoms with Crippen molar-refractivity contribution in [3.63, 3.8) is 0 Å². The topological polar surface area (TPSA) is 72.6 Å². The van der Waals surface area contributed by atoms with Gasteiger partial charge in [0.15, 0.2) is 11.5 Å². The van der Waals surface area contributed by atoms with Crippen molar-refractivity contribution in [2.45, 2.75) is 26.6 Å². The molecule has 0 bridgehead atoms. The molecule has 1 aliphatic rings. The number of nitrogens with zero attached hydrogens (tertiary/aromatic N) is 1. The predicted octanol–water partition coefficient (Wildman–Crippen LogP) is 7.35. The van der Waals surface area contributed by atoms with Gasteiger partial charge in [0.25, 0.3) is 0 Å². The van der Waals surface area contributed by atoms with Gasteiger partial charge in [-0.25, -0.2) is 0 Å². The molecule has 0 amide bonds. The highest BCUT2D eigenvalue weighted by molar-refractivity contribution is 5.83. The molecule has 2 heterocycles. The molecule has 0 saturated carbocycles. The zero-order valence-corrected chi connectivity index (χ0v) is 22.1. The number of ether oxygens (including phenoxy) is 2. The Kier molecular flexibility index (Phi) is 8.51. The molecule has 1 aromatic heterocycles. The molecule has 0 aliphatic carbocycles. The molecule has 196 valence electrons. The number of aliphatic imine (C=N–C) groups is 1. The van der Waals surface area contributed by atoms with E-state index in [9.17, 15) is 0 Å². The van der Waals surface area contributed by atoms with Crippen LogP contribution in [-0.4, -0.2) is 17.7 Å². The summed E-state index contributed by atoms with van der Waals surface area (Å²) in [5.41, 5.74) is 14.5. The molecule has 39 heavy (non-hydrogen) atoms. The van der Waals surface area contributed by atoms with Crippen molar-refractivity contribution in [2.75, 3.05) is 6.54 Å². The smallest absolute Gasteiger partial charge is 0.162 e. The Labute approximate surface area is 230 Å². The Balaban J connectivity index is 1.37. The second kappa shape index (κ2) is 12.8. The highest BCUT2D eigenvalue weighted by atomic mass is 16.5. The summed E-state index contributed by atoms with van der Waals surface area (Å²) >= 11 is 0. The number of aryl methyl sites for hydroxylation is 1. The summed E-state index contributed by atoms with van der Waals surface area (Å²) in [4.78, 5) is 8.05. The highest BCUT2D eigenvalue weighted by Gasteiger charge is 2.13. The van der Waals surface area contributed by atoms with E-state index in [4.69, 9.17) is 15.2 Å². The molecule has 0 atom stereocenters. The lowest BCUT2D eigenvalue weighted by atomic mass is 10.0. The second-order valence-corrected chi connectivity index (χ2v) is 9.41. The Morgan fingerprint density at radius 2 is 1.54 bits per heavy atom. The molecule has 5 heteroatoms.